The first-order chi connectivity index (χ1) is 10.6. The van der Waals surface area contributed by atoms with Crippen LogP contribution in [0.1, 0.15) is 25.0 Å². The Morgan fingerprint density at radius 2 is 2.27 bits per heavy atom. The minimum absolute atomic E-state index is 0.158. The molecule has 2 aromatic rings. The van der Waals surface area contributed by atoms with E-state index in [1.54, 1.807) is 10.9 Å². The molecule has 0 radical (unpaired) electrons. The fourth-order valence-electron chi connectivity index (χ4n) is 3.01. The lowest BCUT2D eigenvalue weighted by atomic mass is 10.2. The van der Waals surface area contributed by atoms with Gasteiger partial charge in [0, 0.05) is 23.7 Å². The van der Waals surface area contributed by atoms with Crippen molar-refractivity contribution in [3.8, 4) is 0 Å². The molecule has 1 saturated carbocycles. The van der Waals surface area contributed by atoms with Crippen molar-refractivity contribution in [2.24, 2.45) is 7.05 Å². The average Bonchev–Trinajstić information content (AvgIpc) is 3.04. The van der Waals surface area contributed by atoms with Gasteiger partial charge in [-0.15, -0.1) is 0 Å². The number of anilines is 1. The number of rotatable bonds is 3. The van der Waals surface area contributed by atoms with Crippen molar-refractivity contribution >= 4 is 34.5 Å². The van der Waals surface area contributed by atoms with Crippen molar-refractivity contribution in [2.45, 2.75) is 37.5 Å². The van der Waals surface area contributed by atoms with Gasteiger partial charge in [-0.1, -0.05) is 0 Å². The molecule has 0 spiro atoms. The van der Waals surface area contributed by atoms with Gasteiger partial charge in [0.05, 0.1) is 17.6 Å². The van der Waals surface area contributed by atoms with E-state index in [0.29, 0.717) is 10.9 Å². The van der Waals surface area contributed by atoms with E-state index in [1.165, 1.54) is 6.42 Å². The molecule has 1 aliphatic rings. The average molecular weight is 319 g/mol. The predicted octanol–water partition coefficient (Wildman–Crippen LogP) is 2.68. The Morgan fingerprint density at radius 3 is 3.00 bits per heavy atom. The Labute approximate surface area is 134 Å². The number of aryl methyl sites for hydroxylation is 2. The molecule has 0 aromatic carbocycles. The first kappa shape index (κ1) is 15.1. The Balaban J connectivity index is 1.65. The Kier molecular flexibility index (Phi) is 4.24. The zero-order chi connectivity index (χ0) is 15.7. The number of carbonyl (C=O) groups excluding carboxylic acids is 1. The van der Waals surface area contributed by atoms with E-state index in [0.717, 1.165) is 29.6 Å². The van der Waals surface area contributed by atoms with E-state index in [4.69, 9.17) is 0 Å². The SMILES string of the molecule is CS[C@H]1CC[C@H](NC(=O)Nc2cnc3c(c2)c(C)nn3C)C1. The summed E-state index contributed by atoms with van der Waals surface area (Å²) in [6.07, 6.45) is 7.08. The first-order valence-electron chi connectivity index (χ1n) is 7.46. The normalized spacial score (nSPS) is 21.2. The van der Waals surface area contributed by atoms with Crippen molar-refractivity contribution in [3.63, 3.8) is 0 Å². The molecule has 2 aromatic heterocycles. The number of hydrogen-bond acceptors (Lipinski definition) is 4. The van der Waals surface area contributed by atoms with Crippen LogP contribution in [0.2, 0.25) is 0 Å². The molecule has 2 N–H and O–H groups in total. The number of amides is 2. The molecule has 118 valence electrons. The van der Waals surface area contributed by atoms with E-state index in [-0.39, 0.29) is 12.1 Å². The summed E-state index contributed by atoms with van der Waals surface area (Å²) in [7, 11) is 1.87. The van der Waals surface area contributed by atoms with Crippen LogP contribution in [0.3, 0.4) is 0 Å². The monoisotopic (exact) mass is 319 g/mol. The molecule has 0 saturated heterocycles. The maximum Gasteiger partial charge on any atom is 0.319 e. The second kappa shape index (κ2) is 6.16. The Hall–Kier alpha value is -1.76. The summed E-state index contributed by atoms with van der Waals surface area (Å²) >= 11 is 1.88. The summed E-state index contributed by atoms with van der Waals surface area (Å²) in [5, 5.41) is 11.9. The van der Waals surface area contributed by atoms with Crippen molar-refractivity contribution < 1.29 is 4.79 Å². The topological polar surface area (TPSA) is 71.8 Å². The molecule has 0 bridgehead atoms. The van der Waals surface area contributed by atoms with E-state index in [2.05, 4.69) is 27.0 Å². The molecule has 7 heteroatoms. The number of nitrogens with one attached hydrogen (secondary N) is 2. The number of hydrogen-bond donors (Lipinski definition) is 2. The smallest absolute Gasteiger partial charge is 0.319 e. The van der Waals surface area contributed by atoms with Crippen LogP contribution in [-0.2, 0) is 7.05 Å². The van der Waals surface area contributed by atoms with Gasteiger partial charge >= 0.3 is 6.03 Å². The molecule has 2 heterocycles. The number of aromatic nitrogens is 3. The summed E-state index contributed by atoms with van der Waals surface area (Å²) in [4.78, 5) is 16.5. The zero-order valence-electron chi connectivity index (χ0n) is 13.1. The molecule has 1 aliphatic carbocycles. The third kappa shape index (κ3) is 3.04. The molecule has 0 aliphatic heterocycles. The molecule has 2 atom stereocenters. The molecule has 22 heavy (non-hydrogen) atoms. The quantitative estimate of drug-likeness (QED) is 0.912. The van der Waals surface area contributed by atoms with Gasteiger partial charge in [0.15, 0.2) is 5.65 Å². The maximum atomic E-state index is 12.1. The second-order valence-electron chi connectivity index (χ2n) is 5.77. The summed E-state index contributed by atoms with van der Waals surface area (Å²) in [5.74, 6) is 0. The van der Waals surface area contributed by atoms with Crippen LogP contribution in [0.15, 0.2) is 12.3 Å². The molecule has 0 unspecified atom stereocenters. The fraction of sp³-hybridized carbons (Fsp3) is 0.533. The Morgan fingerprint density at radius 1 is 1.45 bits per heavy atom. The van der Waals surface area contributed by atoms with Gasteiger partial charge in [0.1, 0.15) is 0 Å². The van der Waals surface area contributed by atoms with E-state index < -0.39 is 0 Å². The lowest BCUT2D eigenvalue weighted by Gasteiger charge is -2.13. The fourth-order valence-corrected chi connectivity index (χ4v) is 3.81. The van der Waals surface area contributed by atoms with Gasteiger partial charge in [-0.2, -0.15) is 16.9 Å². The highest BCUT2D eigenvalue weighted by Gasteiger charge is 2.25. The molecule has 1 fully saturated rings. The number of urea groups is 1. The van der Waals surface area contributed by atoms with E-state index in [1.807, 2.05) is 31.8 Å². The highest BCUT2D eigenvalue weighted by atomic mass is 32.2. The van der Waals surface area contributed by atoms with Crippen LogP contribution in [-0.4, -0.2) is 38.3 Å². The summed E-state index contributed by atoms with van der Waals surface area (Å²) < 4.78 is 1.75. The molecule has 3 rings (SSSR count). The van der Waals surface area contributed by atoms with Crippen molar-refractivity contribution in [1.82, 2.24) is 20.1 Å². The van der Waals surface area contributed by atoms with Gasteiger partial charge < -0.3 is 10.6 Å². The lowest BCUT2D eigenvalue weighted by Crippen LogP contribution is -2.36. The summed E-state index contributed by atoms with van der Waals surface area (Å²) in [5.41, 5.74) is 2.43. The standard InChI is InChI=1S/C15H21N5OS/c1-9-13-7-11(8-16-14(13)20(2)19-9)18-15(21)17-10-4-5-12(6-10)22-3/h7-8,10,12H,4-6H2,1-3H3,(H2,17,18,21)/t10-,12-/m0/s1. The van der Waals surface area contributed by atoms with Crippen molar-refractivity contribution in [3.05, 3.63) is 18.0 Å². The van der Waals surface area contributed by atoms with Crippen molar-refractivity contribution in [2.75, 3.05) is 11.6 Å². The number of fused-ring (bicyclic) bond motifs is 1. The lowest BCUT2D eigenvalue weighted by molar-refractivity contribution is 0.248. The molecule has 2 amide bonds. The van der Waals surface area contributed by atoms with Crippen LogP contribution in [0, 0.1) is 6.92 Å². The highest BCUT2D eigenvalue weighted by molar-refractivity contribution is 7.99. The minimum Gasteiger partial charge on any atom is -0.335 e. The third-order valence-electron chi connectivity index (χ3n) is 4.17. The minimum atomic E-state index is -0.158. The molecular formula is C15H21N5OS. The third-order valence-corrected chi connectivity index (χ3v) is 5.27. The Bertz CT molecular complexity index is 699. The first-order valence-corrected chi connectivity index (χ1v) is 8.75. The van der Waals surface area contributed by atoms with Crippen LogP contribution < -0.4 is 10.6 Å². The van der Waals surface area contributed by atoms with Gasteiger partial charge in [-0.25, -0.2) is 9.78 Å². The number of nitrogens with zero attached hydrogens (tertiary/aromatic N) is 3. The number of carbonyl (C=O) groups is 1. The maximum absolute atomic E-state index is 12.1. The predicted molar refractivity (Wildman–Crippen MR) is 90.3 cm³/mol. The van der Waals surface area contributed by atoms with Gasteiger partial charge in [0.25, 0.3) is 0 Å². The zero-order valence-corrected chi connectivity index (χ0v) is 13.9. The van der Waals surface area contributed by atoms with Crippen LogP contribution in [0.25, 0.3) is 11.0 Å². The van der Waals surface area contributed by atoms with Gasteiger partial charge in [-0.05, 0) is 38.5 Å². The second-order valence-corrected chi connectivity index (χ2v) is 6.91. The van der Waals surface area contributed by atoms with E-state index in [9.17, 15) is 4.79 Å². The van der Waals surface area contributed by atoms with Crippen LogP contribution in [0.5, 0.6) is 0 Å². The summed E-state index contributed by atoms with van der Waals surface area (Å²) in [6.45, 7) is 1.94. The number of pyridine rings is 1. The van der Waals surface area contributed by atoms with E-state index >= 15 is 0 Å². The summed E-state index contributed by atoms with van der Waals surface area (Å²) in [6, 6.07) is 2.03. The molecule has 6 nitrogen and oxygen atoms in total. The van der Waals surface area contributed by atoms with Crippen LogP contribution >= 0.6 is 11.8 Å². The largest absolute Gasteiger partial charge is 0.335 e. The van der Waals surface area contributed by atoms with Gasteiger partial charge in [-0.3, -0.25) is 4.68 Å². The number of thioether (sulfide) groups is 1. The van der Waals surface area contributed by atoms with Gasteiger partial charge in [0.2, 0.25) is 0 Å². The van der Waals surface area contributed by atoms with Crippen LogP contribution in [0.4, 0.5) is 10.5 Å². The highest BCUT2D eigenvalue weighted by Crippen LogP contribution is 2.28. The van der Waals surface area contributed by atoms with Crippen molar-refractivity contribution in [1.29, 1.82) is 0 Å². The molecular weight excluding hydrogens is 298 g/mol.